The largest absolute Gasteiger partial charge is 0.496 e. The van der Waals surface area contributed by atoms with Crippen molar-refractivity contribution in [2.45, 2.75) is 6.61 Å². The van der Waals surface area contributed by atoms with Crippen molar-refractivity contribution >= 4 is 31.4 Å². The predicted octanol–water partition coefficient (Wildman–Crippen LogP) is 2.55. The van der Waals surface area contributed by atoms with Crippen molar-refractivity contribution in [1.29, 1.82) is 0 Å². The van der Waals surface area contributed by atoms with Gasteiger partial charge in [-0.2, -0.15) is 25.3 Å². The number of halogens is 1. The molecule has 0 atom stereocenters. The third kappa shape index (κ3) is 3.99. The van der Waals surface area contributed by atoms with Crippen molar-refractivity contribution in [3.8, 4) is 5.75 Å². The van der Waals surface area contributed by atoms with Crippen LogP contribution < -0.4 is 4.74 Å². The number of methoxy groups -OCH3 is 1. The second kappa shape index (κ2) is 7.38. The summed E-state index contributed by atoms with van der Waals surface area (Å²) >= 11 is 7.92. The monoisotopic (exact) mass is 291 g/mol. The van der Waals surface area contributed by atoms with Gasteiger partial charge in [0.1, 0.15) is 18.2 Å². The summed E-state index contributed by atoms with van der Waals surface area (Å²) in [5.41, 5.74) is 0.462. The molecule has 0 aliphatic rings. The van der Waals surface area contributed by atoms with Crippen molar-refractivity contribution in [1.82, 2.24) is 4.90 Å². The molecule has 0 aliphatic heterocycles. The number of nitrogens with zero attached hydrogens (tertiary/aromatic N) is 1. The molecule has 0 radical (unpaired) electrons. The molecular formula is C11H14FNO3S2. The Hall–Kier alpha value is -1.08. The molecule has 0 heterocycles. The van der Waals surface area contributed by atoms with E-state index >= 15 is 0 Å². The molecule has 7 heteroatoms. The molecule has 1 aromatic carbocycles. The van der Waals surface area contributed by atoms with E-state index in [-0.39, 0.29) is 18.4 Å². The van der Waals surface area contributed by atoms with E-state index in [0.29, 0.717) is 11.3 Å². The number of hydrogen-bond acceptors (Lipinski definition) is 5. The van der Waals surface area contributed by atoms with Gasteiger partial charge in [0.05, 0.1) is 18.9 Å². The number of amides is 1. The Kier molecular flexibility index (Phi) is 6.14. The first-order valence-corrected chi connectivity index (χ1v) is 6.34. The molecule has 0 saturated carbocycles. The number of hydrogen-bond donors (Lipinski definition) is 2. The third-order valence-electron chi connectivity index (χ3n) is 2.19. The van der Waals surface area contributed by atoms with Gasteiger partial charge in [0.25, 0.3) is 0 Å². The lowest BCUT2D eigenvalue weighted by Gasteiger charge is -2.17. The molecule has 0 spiro atoms. The van der Waals surface area contributed by atoms with Gasteiger partial charge in [0, 0.05) is 5.56 Å². The standard InChI is InChI=1S/C11H14FNO3S2/c1-15-10-3-2-9(12)4-8(10)5-16-11(14)13(6-17)7-18/h2-4,17-18H,5-7H2,1H3. The molecule has 18 heavy (non-hydrogen) atoms. The lowest BCUT2D eigenvalue weighted by atomic mass is 10.2. The van der Waals surface area contributed by atoms with Crippen LogP contribution >= 0.6 is 25.3 Å². The van der Waals surface area contributed by atoms with Gasteiger partial charge in [0.15, 0.2) is 0 Å². The molecule has 0 aromatic heterocycles. The van der Waals surface area contributed by atoms with Crippen molar-refractivity contribution in [2.24, 2.45) is 0 Å². The van der Waals surface area contributed by atoms with Crippen LogP contribution in [0.4, 0.5) is 9.18 Å². The Morgan fingerprint density at radius 3 is 2.61 bits per heavy atom. The lowest BCUT2D eigenvalue weighted by molar-refractivity contribution is 0.108. The highest BCUT2D eigenvalue weighted by Crippen LogP contribution is 2.20. The molecule has 0 saturated heterocycles. The summed E-state index contributed by atoms with van der Waals surface area (Å²) in [5.74, 6) is 0.445. The van der Waals surface area contributed by atoms with Crippen LogP contribution in [-0.2, 0) is 11.3 Å². The average molecular weight is 291 g/mol. The van der Waals surface area contributed by atoms with Gasteiger partial charge in [-0.3, -0.25) is 4.90 Å². The SMILES string of the molecule is COc1ccc(F)cc1COC(=O)N(CS)CS. The van der Waals surface area contributed by atoms with Crippen LogP contribution in [0.25, 0.3) is 0 Å². The van der Waals surface area contributed by atoms with Gasteiger partial charge in [-0.1, -0.05) is 0 Å². The second-order valence-corrected chi connectivity index (χ2v) is 3.90. The maximum absolute atomic E-state index is 13.1. The van der Waals surface area contributed by atoms with Crippen LogP contribution in [0.3, 0.4) is 0 Å². The third-order valence-corrected chi connectivity index (χ3v) is 2.88. The first-order valence-electron chi connectivity index (χ1n) is 5.08. The highest BCUT2D eigenvalue weighted by molar-refractivity contribution is 7.81. The number of rotatable bonds is 5. The molecule has 0 unspecified atom stereocenters. The maximum atomic E-state index is 13.1. The Labute approximate surface area is 116 Å². The van der Waals surface area contributed by atoms with E-state index in [9.17, 15) is 9.18 Å². The maximum Gasteiger partial charge on any atom is 0.411 e. The lowest BCUT2D eigenvalue weighted by Crippen LogP contribution is -2.29. The van der Waals surface area contributed by atoms with Gasteiger partial charge in [-0.15, -0.1) is 0 Å². The predicted molar refractivity (Wildman–Crippen MR) is 72.7 cm³/mol. The van der Waals surface area contributed by atoms with Gasteiger partial charge in [0.2, 0.25) is 0 Å². The van der Waals surface area contributed by atoms with E-state index in [0.717, 1.165) is 0 Å². The summed E-state index contributed by atoms with van der Waals surface area (Å²) < 4.78 is 23.1. The molecule has 0 N–H and O–H groups in total. The fourth-order valence-electron chi connectivity index (χ4n) is 1.25. The Balaban J connectivity index is 2.68. The van der Waals surface area contributed by atoms with Gasteiger partial charge in [-0.25, -0.2) is 9.18 Å². The highest BCUT2D eigenvalue weighted by Gasteiger charge is 2.13. The fraction of sp³-hybridized carbons (Fsp3) is 0.364. The van der Waals surface area contributed by atoms with Crippen molar-refractivity contribution in [3.05, 3.63) is 29.6 Å². The average Bonchev–Trinajstić information content (AvgIpc) is 2.38. The molecule has 0 bridgehead atoms. The zero-order chi connectivity index (χ0) is 13.5. The molecule has 1 aromatic rings. The molecule has 4 nitrogen and oxygen atoms in total. The van der Waals surface area contributed by atoms with E-state index in [1.54, 1.807) is 0 Å². The Bertz CT molecular complexity index is 413. The summed E-state index contributed by atoms with van der Waals surface area (Å²) in [4.78, 5) is 12.8. The summed E-state index contributed by atoms with van der Waals surface area (Å²) in [6.07, 6.45) is -0.564. The second-order valence-electron chi connectivity index (χ2n) is 3.33. The van der Waals surface area contributed by atoms with E-state index in [2.05, 4.69) is 25.3 Å². The summed E-state index contributed by atoms with van der Waals surface area (Å²) in [7, 11) is 1.46. The minimum atomic E-state index is -0.564. The summed E-state index contributed by atoms with van der Waals surface area (Å²) in [6.45, 7) is -0.0716. The van der Waals surface area contributed by atoms with Gasteiger partial charge < -0.3 is 9.47 Å². The Morgan fingerprint density at radius 2 is 2.06 bits per heavy atom. The first kappa shape index (κ1) is 15.0. The number of carbonyl (C=O) groups excluding carboxylic acids is 1. The summed E-state index contributed by atoms with van der Waals surface area (Å²) in [6, 6.07) is 4.02. The molecule has 0 aliphatic carbocycles. The van der Waals surface area contributed by atoms with Crippen LogP contribution in [0.5, 0.6) is 5.75 Å². The molecule has 100 valence electrons. The van der Waals surface area contributed by atoms with Crippen molar-refractivity contribution < 1.29 is 18.7 Å². The highest BCUT2D eigenvalue weighted by atomic mass is 32.1. The number of benzene rings is 1. The van der Waals surface area contributed by atoms with Crippen molar-refractivity contribution in [2.75, 3.05) is 18.9 Å². The van der Waals surface area contributed by atoms with Gasteiger partial charge in [-0.05, 0) is 18.2 Å². The minimum absolute atomic E-state index is 0.0716. The van der Waals surface area contributed by atoms with Crippen LogP contribution in [0.2, 0.25) is 0 Å². The van der Waals surface area contributed by atoms with Crippen LogP contribution in [0, 0.1) is 5.82 Å². The van der Waals surface area contributed by atoms with Gasteiger partial charge >= 0.3 is 6.09 Å². The topological polar surface area (TPSA) is 38.8 Å². The number of carbonyl (C=O) groups is 1. The van der Waals surface area contributed by atoms with E-state index in [1.165, 1.54) is 30.2 Å². The Morgan fingerprint density at radius 1 is 1.39 bits per heavy atom. The van der Waals surface area contributed by atoms with Crippen LogP contribution in [-0.4, -0.2) is 29.9 Å². The molecular weight excluding hydrogens is 277 g/mol. The number of thiol groups is 2. The van der Waals surface area contributed by atoms with E-state index < -0.39 is 11.9 Å². The minimum Gasteiger partial charge on any atom is -0.496 e. The zero-order valence-corrected chi connectivity index (χ0v) is 11.6. The normalized spacial score (nSPS) is 10.0. The quantitative estimate of drug-likeness (QED) is 0.647. The smallest absolute Gasteiger partial charge is 0.411 e. The van der Waals surface area contributed by atoms with Crippen LogP contribution in [0.1, 0.15) is 5.56 Å². The zero-order valence-electron chi connectivity index (χ0n) is 9.80. The van der Waals surface area contributed by atoms with E-state index in [1.807, 2.05) is 0 Å². The van der Waals surface area contributed by atoms with Crippen LogP contribution in [0.15, 0.2) is 18.2 Å². The molecule has 1 rings (SSSR count). The molecule has 0 fully saturated rings. The molecule has 1 amide bonds. The first-order chi connectivity index (χ1) is 8.62. The summed E-state index contributed by atoms with van der Waals surface area (Å²) in [5, 5.41) is 0. The fourth-order valence-corrected chi connectivity index (χ4v) is 1.84. The number of ether oxygens (including phenoxy) is 2. The van der Waals surface area contributed by atoms with Crippen molar-refractivity contribution in [3.63, 3.8) is 0 Å². The van der Waals surface area contributed by atoms with E-state index in [4.69, 9.17) is 9.47 Å².